The monoisotopic (exact) mass is 268 g/mol. The molecule has 0 heterocycles. The van der Waals surface area contributed by atoms with E-state index in [4.69, 9.17) is 15.9 Å². The van der Waals surface area contributed by atoms with Gasteiger partial charge in [-0.1, -0.05) is 6.07 Å². The molecule has 0 aliphatic heterocycles. The van der Waals surface area contributed by atoms with Gasteiger partial charge in [-0.25, -0.2) is 0 Å². The summed E-state index contributed by atoms with van der Waals surface area (Å²) in [4.78, 5) is 21.8. The molecule has 0 aliphatic rings. The predicted molar refractivity (Wildman–Crippen MR) is 66.7 cm³/mol. The third-order valence-corrected chi connectivity index (χ3v) is 2.48. The molecule has 1 amide bonds. The van der Waals surface area contributed by atoms with Crippen LogP contribution in [-0.2, 0) is 16.0 Å². The van der Waals surface area contributed by atoms with Crippen LogP contribution in [0.15, 0.2) is 18.2 Å². The van der Waals surface area contributed by atoms with Gasteiger partial charge in [0.15, 0.2) is 11.5 Å². The van der Waals surface area contributed by atoms with Gasteiger partial charge in [0, 0.05) is 6.54 Å². The van der Waals surface area contributed by atoms with Crippen LogP contribution >= 0.6 is 0 Å². The molecule has 1 aromatic rings. The normalized spacial score (nSPS) is 11.8. The van der Waals surface area contributed by atoms with Crippen molar-refractivity contribution in [3.63, 3.8) is 0 Å². The number of hydrogen-bond donors (Lipinski definition) is 5. The van der Waals surface area contributed by atoms with Crippen molar-refractivity contribution < 1.29 is 24.9 Å². The van der Waals surface area contributed by atoms with E-state index in [1.54, 1.807) is 6.07 Å². The number of rotatable bonds is 6. The lowest BCUT2D eigenvalue weighted by Gasteiger charge is -2.10. The summed E-state index contributed by atoms with van der Waals surface area (Å²) in [7, 11) is 0. The zero-order chi connectivity index (χ0) is 14.4. The van der Waals surface area contributed by atoms with Crippen molar-refractivity contribution in [1.29, 1.82) is 0 Å². The highest BCUT2D eigenvalue weighted by Gasteiger charge is 2.16. The minimum absolute atomic E-state index is 0.212. The van der Waals surface area contributed by atoms with E-state index in [2.05, 4.69) is 5.32 Å². The number of benzene rings is 1. The van der Waals surface area contributed by atoms with Crippen molar-refractivity contribution in [2.45, 2.75) is 18.9 Å². The molecule has 0 bridgehead atoms. The fraction of sp³-hybridized carbons (Fsp3) is 0.333. The van der Waals surface area contributed by atoms with Gasteiger partial charge >= 0.3 is 5.97 Å². The first-order chi connectivity index (χ1) is 8.90. The van der Waals surface area contributed by atoms with E-state index < -0.39 is 24.3 Å². The van der Waals surface area contributed by atoms with Crippen LogP contribution in [0.5, 0.6) is 11.5 Å². The quantitative estimate of drug-likeness (QED) is 0.444. The average Bonchev–Trinajstić information content (AvgIpc) is 2.32. The molecule has 104 valence electrons. The van der Waals surface area contributed by atoms with Crippen molar-refractivity contribution in [2.24, 2.45) is 5.73 Å². The van der Waals surface area contributed by atoms with Crippen molar-refractivity contribution in [2.75, 3.05) is 6.54 Å². The number of hydrogen-bond acceptors (Lipinski definition) is 5. The number of carboxylic acids is 1. The summed E-state index contributed by atoms with van der Waals surface area (Å²) in [5, 5.41) is 29.4. The topological polar surface area (TPSA) is 133 Å². The Morgan fingerprint density at radius 1 is 1.26 bits per heavy atom. The first kappa shape index (κ1) is 14.8. The summed E-state index contributed by atoms with van der Waals surface area (Å²) in [6.07, 6.45) is 0.00516. The van der Waals surface area contributed by atoms with E-state index in [1.165, 1.54) is 12.1 Å². The third-order valence-electron chi connectivity index (χ3n) is 2.48. The highest BCUT2D eigenvalue weighted by atomic mass is 16.4. The molecule has 0 saturated heterocycles. The zero-order valence-electron chi connectivity index (χ0n) is 10.2. The number of carboxylic acid groups (broad SMARTS) is 1. The van der Waals surface area contributed by atoms with Crippen molar-refractivity contribution in [3.8, 4) is 11.5 Å². The van der Waals surface area contributed by atoms with Gasteiger partial charge in [0.25, 0.3) is 0 Å². The number of carbonyl (C=O) groups is 2. The lowest BCUT2D eigenvalue weighted by molar-refractivity contribution is -0.139. The molecular formula is C12H16N2O5. The lowest BCUT2D eigenvalue weighted by atomic mass is 10.1. The second kappa shape index (κ2) is 6.60. The summed E-state index contributed by atoms with van der Waals surface area (Å²) >= 11 is 0. The molecular weight excluding hydrogens is 252 g/mol. The summed E-state index contributed by atoms with van der Waals surface area (Å²) in [5.74, 6) is -2.11. The molecule has 7 nitrogen and oxygen atoms in total. The van der Waals surface area contributed by atoms with Gasteiger partial charge in [0.1, 0.15) is 0 Å². The van der Waals surface area contributed by atoms with Crippen LogP contribution in [0.25, 0.3) is 0 Å². The minimum atomic E-state index is -1.13. The summed E-state index contributed by atoms with van der Waals surface area (Å²) in [6, 6.07) is 3.27. The second-order valence-electron chi connectivity index (χ2n) is 4.07. The van der Waals surface area contributed by atoms with Crippen molar-refractivity contribution >= 4 is 11.9 Å². The molecule has 1 atom stereocenters. The Morgan fingerprint density at radius 2 is 1.95 bits per heavy atom. The Hall–Kier alpha value is -2.28. The number of nitrogens with one attached hydrogen (secondary N) is 1. The van der Waals surface area contributed by atoms with Crippen LogP contribution in [0, 0.1) is 0 Å². The third kappa shape index (κ3) is 4.84. The Labute approximate surface area is 109 Å². The van der Waals surface area contributed by atoms with E-state index in [1.807, 2.05) is 0 Å². The Morgan fingerprint density at radius 3 is 2.53 bits per heavy atom. The number of amides is 1. The minimum Gasteiger partial charge on any atom is -0.504 e. The zero-order valence-corrected chi connectivity index (χ0v) is 10.2. The average molecular weight is 268 g/mol. The first-order valence-electron chi connectivity index (χ1n) is 5.66. The predicted octanol–water partition coefficient (Wildman–Crippen LogP) is -0.441. The molecule has 0 saturated carbocycles. The number of aromatic hydroxyl groups is 2. The fourth-order valence-corrected chi connectivity index (χ4v) is 1.47. The Balaban J connectivity index is 2.39. The van der Waals surface area contributed by atoms with Crippen molar-refractivity contribution in [3.05, 3.63) is 23.8 Å². The Bertz CT molecular complexity index is 475. The number of phenols is 2. The van der Waals surface area contributed by atoms with Crippen LogP contribution in [0.2, 0.25) is 0 Å². The van der Waals surface area contributed by atoms with Crippen LogP contribution in [-0.4, -0.2) is 39.8 Å². The fourth-order valence-electron chi connectivity index (χ4n) is 1.47. The maximum Gasteiger partial charge on any atom is 0.305 e. The summed E-state index contributed by atoms with van der Waals surface area (Å²) in [5.41, 5.74) is 6.10. The highest BCUT2D eigenvalue weighted by molar-refractivity contribution is 5.85. The van der Waals surface area contributed by atoms with Crippen LogP contribution < -0.4 is 11.1 Å². The largest absolute Gasteiger partial charge is 0.504 e. The van der Waals surface area contributed by atoms with Gasteiger partial charge in [0.2, 0.25) is 5.91 Å². The maximum absolute atomic E-state index is 11.4. The first-order valence-corrected chi connectivity index (χ1v) is 5.66. The van der Waals surface area contributed by atoms with E-state index >= 15 is 0 Å². The van der Waals surface area contributed by atoms with Crippen molar-refractivity contribution in [1.82, 2.24) is 5.32 Å². The number of nitrogens with two attached hydrogens (primary N) is 1. The molecule has 0 radical (unpaired) electrons. The maximum atomic E-state index is 11.4. The van der Waals surface area contributed by atoms with Crippen LogP contribution in [0.4, 0.5) is 0 Å². The summed E-state index contributed by atoms with van der Waals surface area (Å²) < 4.78 is 0. The van der Waals surface area contributed by atoms with Gasteiger partial charge < -0.3 is 26.4 Å². The molecule has 1 rings (SSSR count). The van der Waals surface area contributed by atoms with E-state index in [9.17, 15) is 14.7 Å². The lowest BCUT2D eigenvalue weighted by Crippen LogP contribution is -2.42. The molecule has 19 heavy (non-hydrogen) atoms. The molecule has 0 aliphatic carbocycles. The molecule has 0 unspecified atom stereocenters. The molecule has 0 fully saturated rings. The molecule has 7 heteroatoms. The smallest absolute Gasteiger partial charge is 0.305 e. The van der Waals surface area contributed by atoms with E-state index in [0.29, 0.717) is 6.42 Å². The van der Waals surface area contributed by atoms with Gasteiger partial charge in [-0.3, -0.25) is 9.59 Å². The number of aliphatic carboxylic acids is 1. The molecule has 6 N–H and O–H groups in total. The van der Waals surface area contributed by atoms with Gasteiger partial charge in [0.05, 0.1) is 12.5 Å². The van der Waals surface area contributed by atoms with E-state index in [-0.39, 0.29) is 18.0 Å². The van der Waals surface area contributed by atoms with Gasteiger partial charge in [-0.05, 0) is 24.1 Å². The molecule has 0 spiro atoms. The Kier molecular flexibility index (Phi) is 5.13. The summed E-state index contributed by atoms with van der Waals surface area (Å²) in [6.45, 7) is 0.260. The standard InChI is InChI=1S/C12H16N2O5/c13-8(6-11(17)18)12(19)14-4-3-7-1-2-9(15)10(16)5-7/h1-2,5,8,15-16H,3-4,6,13H2,(H,14,19)(H,17,18)/t8-/m0/s1. The van der Waals surface area contributed by atoms with Crippen LogP contribution in [0.3, 0.4) is 0 Å². The second-order valence-corrected chi connectivity index (χ2v) is 4.07. The molecule has 0 aromatic heterocycles. The van der Waals surface area contributed by atoms with Gasteiger partial charge in [-0.2, -0.15) is 0 Å². The van der Waals surface area contributed by atoms with E-state index in [0.717, 1.165) is 5.56 Å². The highest BCUT2D eigenvalue weighted by Crippen LogP contribution is 2.24. The number of carbonyl (C=O) groups excluding carboxylic acids is 1. The van der Waals surface area contributed by atoms with Crippen LogP contribution in [0.1, 0.15) is 12.0 Å². The number of phenolic OH excluding ortho intramolecular Hbond substituents is 2. The molecule has 1 aromatic carbocycles. The van der Waals surface area contributed by atoms with Gasteiger partial charge in [-0.15, -0.1) is 0 Å². The SMILES string of the molecule is N[C@@H](CC(=O)O)C(=O)NCCc1ccc(O)c(O)c1.